The molecule has 16 heavy (non-hydrogen) atoms. The van der Waals surface area contributed by atoms with Crippen LogP contribution in [0.1, 0.15) is 6.92 Å². The number of ether oxygens (including phenoxy) is 3. The lowest BCUT2D eigenvalue weighted by molar-refractivity contribution is -0.143. The minimum atomic E-state index is -1.11. The predicted octanol–water partition coefficient (Wildman–Crippen LogP) is -1.10. The fraction of sp³-hybridized carbons (Fsp3) is 1.00. The molecule has 0 spiro atoms. The monoisotopic (exact) mass is 230 g/mol. The van der Waals surface area contributed by atoms with Crippen molar-refractivity contribution in [2.45, 2.75) is 30.7 Å². The van der Waals surface area contributed by atoms with Gasteiger partial charge in [0.2, 0.25) is 0 Å². The standard InChI is InChI=1S/C10H19BO5/c1-6(4-14-2)10(5-12)8(13)7(15-3)9(11)16-10/h6-9,12-13H,4-5H2,1-3H3/t6-,7+,8-,9+,10-/m0/s1. The van der Waals surface area contributed by atoms with Gasteiger partial charge in [0, 0.05) is 26.1 Å². The topological polar surface area (TPSA) is 68.2 Å². The zero-order valence-corrected chi connectivity index (χ0v) is 9.92. The fourth-order valence-electron chi connectivity index (χ4n) is 2.20. The van der Waals surface area contributed by atoms with Gasteiger partial charge in [-0.1, -0.05) is 6.92 Å². The van der Waals surface area contributed by atoms with Crippen molar-refractivity contribution in [3.63, 3.8) is 0 Å². The largest absolute Gasteiger partial charge is 0.393 e. The summed E-state index contributed by atoms with van der Waals surface area (Å²) < 4.78 is 15.6. The van der Waals surface area contributed by atoms with Gasteiger partial charge in [0.05, 0.1) is 13.2 Å². The average Bonchev–Trinajstić information content (AvgIpc) is 2.51. The lowest BCUT2D eigenvalue weighted by Gasteiger charge is -2.36. The highest BCUT2D eigenvalue weighted by atomic mass is 16.6. The number of aliphatic hydroxyl groups excluding tert-OH is 2. The first kappa shape index (κ1) is 13.9. The van der Waals surface area contributed by atoms with E-state index in [1.54, 1.807) is 7.11 Å². The molecule has 0 aromatic rings. The first-order valence-electron chi connectivity index (χ1n) is 5.27. The maximum atomic E-state index is 10.1. The quantitative estimate of drug-likeness (QED) is 0.587. The lowest BCUT2D eigenvalue weighted by Crippen LogP contribution is -2.52. The van der Waals surface area contributed by atoms with Crippen LogP contribution in [0, 0.1) is 5.92 Å². The Morgan fingerprint density at radius 1 is 1.50 bits per heavy atom. The summed E-state index contributed by atoms with van der Waals surface area (Å²) in [5, 5.41) is 19.6. The molecule has 1 heterocycles. The van der Waals surface area contributed by atoms with E-state index in [1.165, 1.54) is 7.11 Å². The van der Waals surface area contributed by atoms with Crippen LogP contribution in [0.5, 0.6) is 0 Å². The van der Waals surface area contributed by atoms with Crippen LogP contribution in [0.15, 0.2) is 0 Å². The summed E-state index contributed by atoms with van der Waals surface area (Å²) in [6, 6.07) is -0.744. The van der Waals surface area contributed by atoms with E-state index in [0.29, 0.717) is 6.61 Å². The molecule has 0 unspecified atom stereocenters. The summed E-state index contributed by atoms with van der Waals surface area (Å²) in [4.78, 5) is 0. The highest BCUT2D eigenvalue weighted by molar-refractivity contribution is 6.11. The van der Waals surface area contributed by atoms with Crippen molar-refractivity contribution in [2.75, 3.05) is 27.4 Å². The maximum absolute atomic E-state index is 10.1. The van der Waals surface area contributed by atoms with E-state index < -0.39 is 23.8 Å². The molecule has 1 aliphatic rings. The smallest absolute Gasteiger partial charge is 0.124 e. The Labute approximate surface area is 97.1 Å². The molecule has 0 aromatic carbocycles. The van der Waals surface area contributed by atoms with Crippen LogP contribution < -0.4 is 0 Å². The second kappa shape index (κ2) is 5.47. The van der Waals surface area contributed by atoms with Crippen molar-refractivity contribution < 1.29 is 24.4 Å². The number of hydrogen-bond acceptors (Lipinski definition) is 5. The zero-order chi connectivity index (χ0) is 12.3. The van der Waals surface area contributed by atoms with E-state index in [2.05, 4.69) is 0 Å². The Balaban J connectivity index is 2.88. The van der Waals surface area contributed by atoms with Crippen molar-refractivity contribution in [2.24, 2.45) is 5.92 Å². The van der Waals surface area contributed by atoms with E-state index in [-0.39, 0.29) is 12.5 Å². The molecule has 0 amide bonds. The van der Waals surface area contributed by atoms with Crippen LogP contribution in [0.3, 0.4) is 0 Å². The van der Waals surface area contributed by atoms with E-state index >= 15 is 0 Å². The minimum Gasteiger partial charge on any atom is -0.393 e. The highest BCUT2D eigenvalue weighted by Gasteiger charge is 2.55. The van der Waals surface area contributed by atoms with Crippen LogP contribution in [-0.4, -0.2) is 69.3 Å². The van der Waals surface area contributed by atoms with Gasteiger partial charge >= 0.3 is 0 Å². The first-order valence-corrected chi connectivity index (χ1v) is 5.27. The predicted molar refractivity (Wildman–Crippen MR) is 58.3 cm³/mol. The first-order chi connectivity index (χ1) is 7.53. The molecule has 0 saturated carbocycles. The Hall–Kier alpha value is -0.135. The van der Waals surface area contributed by atoms with E-state index in [9.17, 15) is 10.2 Å². The number of rotatable bonds is 5. The fourth-order valence-corrected chi connectivity index (χ4v) is 2.20. The Bertz CT molecular complexity index is 227. The van der Waals surface area contributed by atoms with Gasteiger partial charge < -0.3 is 24.4 Å². The SMILES string of the molecule is [B][C@@H]1O[C@@](CO)([C@@H](C)COC)[C@@H](O)[C@H]1OC. The van der Waals surface area contributed by atoms with Crippen LogP contribution in [0.4, 0.5) is 0 Å². The molecule has 2 N–H and O–H groups in total. The molecule has 0 aliphatic carbocycles. The van der Waals surface area contributed by atoms with Gasteiger partial charge in [-0.2, -0.15) is 0 Å². The summed E-state index contributed by atoms with van der Waals surface area (Å²) in [5.74, 6) is -0.191. The lowest BCUT2D eigenvalue weighted by atomic mass is 9.82. The van der Waals surface area contributed by atoms with E-state index in [0.717, 1.165) is 0 Å². The third-order valence-electron chi connectivity index (χ3n) is 3.26. The maximum Gasteiger partial charge on any atom is 0.124 e. The van der Waals surface area contributed by atoms with Gasteiger partial charge in [-0.05, 0) is 0 Å². The average molecular weight is 230 g/mol. The molecule has 2 radical (unpaired) electrons. The van der Waals surface area contributed by atoms with Gasteiger partial charge in [0.15, 0.2) is 0 Å². The van der Waals surface area contributed by atoms with Gasteiger partial charge in [-0.25, -0.2) is 0 Å². The normalized spacial score (nSPS) is 41.2. The van der Waals surface area contributed by atoms with Crippen LogP contribution in [0.25, 0.3) is 0 Å². The minimum absolute atomic E-state index is 0.191. The van der Waals surface area contributed by atoms with E-state index in [4.69, 9.17) is 22.1 Å². The third-order valence-corrected chi connectivity index (χ3v) is 3.26. The Morgan fingerprint density at radius 2 is 2.12 bits per heavy atom. The molecule has 1 saturated heterocycles. The molecule has 6 heteroatoms. The van der Waals surface area contributed by atoms with Gasteiger partial charge in [-0.15, -0.1) is 0 Å². The van der Waals surface area contributed by atoms with Crippen molar-refractivity contribution >= 4 is 7.85 Å². The van der Waals surface area contributed by atoms with Crippen molar-refractivity contribution in [3.8, 4) is 0 Å². The molecule has 1 fully saturated rings. The summed E-state index contributed by atoms with van der Waals surface area (Å²) in [6.45, 7) is 1.86. The molecule has 5 nitrogen and oxygen atoms in total. The van der Waals surface area contributed by atoms with Gasteiger partial charge in [-0.3, -0.25) is 0 Å². The number of hydrogen-bond donors (Lipinski definition) is 2. The van der Waals surface area contributed by atoms with Crippen LogP contribution in [0.2, 0.25) is 0 Å². The molecule has 5 atom stereocenters. The van der Waals surface area contributed by atoms with E-state index in [1.807, 2.05) is 6.92 Å². The molecule has 1 aliphatic heterocycles. The third kappa shape index (κ3) is 2.12. The van der Waals surface area contributed by atoms with Crippen molar-refractivity contribution in [3.05, 3.63) is 0 Å². The summed E-state index contributed by atoms with van der Waals surface area (Å²) in [5.41, 5.74) is -1.11. The van der Waals surface area contributed by atoms with Crippen LogP contribution >= 0.6 is 0 Å². The van der Waals surface area contributed by atoms with Crippen molar-refractivity contribution in [1.82, 2.24) is 0 Å². The molecule has 1 rings (SSSR count). The van der Waals surface area contributed by atoms with Crippen LogP contribution in [-0.2, 0) is 14.2 Å². The summed E-state index contributed by atoms with van der Waals surface area (Å²) >= 11 is 0. The Kier molecular flexibility index (Phi) is 4.76. The summed E-state index contributed by atoms with van der Waals surface area (Å²) in [6.07, 6.45) is -1.60. The molecule has 92 valence electrons. The second-order valence-corrected chi connectivity index (χ2v) is 4.20. The van der Waals surface area contributed by atoms with Gasteiger partial charge in [0.1, 0.15) is 25.7 Å². The Morgan fingerprint density at radius 3 is 2.50 bits per heavy atom. The molecular formula is C10H19BO5. The van der Waals surface area contributed by atoms with Gasteiger partial charge in [0.25, 0.3) is 0 Å². The number of methoxy groups -OCH3 is 2. The second-order valence-electron chi connectivity index (χ2n) is 4.20. The molecular weight excluding hydrogens is 211 g/mol. The molecule has 0 aromatic heterocycles. The summed E-state index contributed by atoms with van der Waals surface area (Å²) in [7, 11) is 8.71. The number of aliphatic hydroxyl groups is 2. The highest BCUT2D eigenvalue weighted by Crippen LogP contribution is 2.37. The molecule has 0 bridgehead atoms. The zero-order valence-electron chi connectivity index (χ0n) is 9.92. The van der Waals surface area contributed by atoms with Crippen molar-refractivity contribution in [1.29, 1.82) is 0 Å².